The Labute approximate surface area is 105 Å². The summed E-state index contributed by atoms with van der Waals surface area (Å²) in [5, 5.41) is 6.34. The molecule has 17 heavy (non-hydrogen) atoms. The fourth-order valence-corrected chi connectivity index (χ4v) is 2.37. The Balaban J connectivity index is 2.16. The molecule has 0 aromatic carbocycles. The number of rotatable bonds is 3. The molecular weight excluding hydrogens is 232 g/mol. The van der Waals surface area contributed by atoms with Crippen molar-refractivity contribution in [1.82, 2.24) is 14.8 Å². The van der Waals surface area contributed by atoms with Gasteiger partial charge in [-0.05, 0) is 31.5 Å². The van der Waals surface area contributed by atoms with E-state index in [1.54, 1.807) is 11.8 Å². The van der Waals surface area contributed by atoms with Crippen molar-refractivity contribution >= 4 is 11.8 Å². The highest BCUT2D eigenvalue weighted by molar-refractivity contribution is 7.99. The zero-order chi connectivity index (χ0) is 12.4. The van der Waals surface area contributed by atoms with Gasteiger partial charge in [0, 0.05) is 19.3 Å². The highest BCUT2D eigenvalue weighted by Crippen LogP contribution is 2.26. The predicted octanol–water partition coefficient (Wildman–Crippen LogP) is 2.29. The van der Waals surface area contributed by atoms with Crippen LogP contribution in [-0.2, 0) is 7.05 Å². The van der Waals surface area contributed by atoms with E-state index in [-0.39, 0.29) is 6.04 Å². The van der Waals surface area contributed by atoms with Crippen LogP contribution >= 0.6 is 11.8 Å². The van der Waals surface area contributed by atoms with Crippen LogP contribution in [0.5, 0.6) is 0 Å². The van der Waals surface area contributed by atoms with E-state index in [9.17, 15) is 0 Å². The van der Waals surface area contributed by atoms with Crippen molar-refractivity contribution < 1.29 is 0 Å². The van der Waals surface area contributed by atoms with Gasteiger partial charge in [0.25, 0.3) is 0 Å². The molecule has 2 aromatic rings. The van der Waals surface area contributed by atoms with Crippen LogP contribution in [0.3, 0.4) is 0 Å². The molecule has 0 amide bonds. The van der Waals surface area contributed by atoms with Crippen molar-refractivity contribution in [3.05, 3.63) is 35.7 Å². The number of hydrogen-bond acceptors (Lipinski definition) is 4. The molecule has 0 unspecified atom stereocenters. The van der Waals surface area contributed by atoms with Crippen molar-refractivity contribution in [2.45, 2.75) is 29.9 Å². The number of aryl methyl sites for hydroxylation is 2. The van der Waals surface area contributed by atoms with E-state index in [4.69, 9.17) is 5.73 Å². The third kappa shape index (κ3) is 2.87. The van der Waals surface area contributed by atoms with E-state index in [0.29, 0.717) is 0 Å². The SMILES string of the molecule is Cc1cc(Sc2ccc([C@H](C)N)cn2)n(C)n1. The lowest BCUT2D eigenvalue weighted by Gasteiger charge is -2.05. The summed E-state index contributed by atoms with van der Waals surface area (Å²) < 4.78 is 1.86. The van der Waals surface area contributed by atoms with Crippen LogP contribution < -0.4 is 5.73 Å². The normalized spacial score (nSPS) is 12.7. The minimum absolute atomic E-state index is 0.0282. The lowest BCUT2D eigenvalue weighted by molar-refractivity contribution is 0.692. The highest BCUT2D eigenvalue weighted by atomic mass is 32.2. The second-order valence-corrected chi connectivity index (χ2v) is 5.11. The first kappa shape index (κ1) is 12.1. The van der Waals surface area contributed by atoms with Gasteiger partial charge in [-0.2, -0.15) is 5.10 Å². The Morgan fingerprint density at radius 3 is 2.65 bits per heavy atom. The van der Waals surface area contributed by atoms with Crippen LogP contribution in [0, 0.1) is 6.92 Å². The molecule has 90 valence electrons. The van der Waals surface area contributed by atoms with Crippen LogP contribution in [0.1, 0.15) is 24.2 Å². The molecule has 0 radical (unpaired) electrons. The summed E-state index contributed by atoms with van der Waals surface area (Å²) in [5.74, 6) is 0. The topological polar surface area (TPSA) is 56.7 Å². The van der Waals surface area contributed by atoms with E-state index in [1.165, 1.54) is 0 Å². The summed E-state index contributed by atoms with van der Waals surface area (Å²) in [6, 6.07) is 6.08. The first-order valence-corrected chi connectivity index (χ1v) is 6.28. The fourth-order valence-electron chi connectivity index (χ4n) is 1.51. The minimum atomic E-state index is 0.0282. The maximum absolute atomic E-state index is 5.78. The summed E-state index contributed by atoms with van der Waals surface area (Å²) in [6.45, 7) is 3.94. The van der Waals surface area contributed by atoms with E-state index >= 15 is 0 Å². The lowest BCUT2D eigenvalue weighted by atomic mass is 10.2. The van der Waals surface area contributed by atoms with Crippen molar-refractivity contribution in [3.8, 4) is 0 Å². The van der Waals surface area contributed by atoms with E-state index in [2.05, 4.69) is 10.1 Å². The molecule has 2 aromatic heterocycles. The van der Waals surface area contributed by atoms with Crippen LogP contribution in [-0.4, -0.2) is 14.8 Å². The second-order valence-electron chi connectivity index (χ2n) is 4.07. The zero-order valence-electron chi connectivity index (χ0n) is 10.2. The Kier molecular flexibility index (Phi) is 3.49. The average molecular weight is 248 g/mol. The van der Waals surface area contributed by atoms with Crippen molar-refractivity contribution in [1.29, 1.82) is 0 Å². The molecule has 0 fully saturated rings. The summed E-state index contributed by atoms with van der Waals surface area (Å²) in [7, 11) is 1.94. The quantitative estimate of drug-likeness (QED) is 0.905. The van der Waals surface area contributed by atoms with Gasteiger partial charge in [0.2, 0.25) is 0 Å². The van der Waals surface area contributed by atoms with Gasteiger partial charge >= 0.3 is 0 Å². The van der Waals surface area contributed by atoms with Crippen molar-refractivity contribution in [3.63, 3.8) is 0 Å². The van der Waals surface area contributed by atoms with Gasteiger partial charge in [0.1, 0.15) is 10.1 Å². The molecule has 0 aliphatic rings. The first-order valence-electron chi connectivity index (χ1n) is 5.46. The van der Waals surface area contributed by atoms with Crippen molar-refractivity contribution in [2.75, 3.05) is 0 Å². The van der Waals surface area contributed by atoms with Gasteiger partial charge in [-0.3, -0.25) is 4.68 Å². The van der Waals surface area contributed by atoms with Gasteiger partial charge in [-0.15, -0.1) is 0 Å². The highest BCUT2D eigenvalue weighted by Gasteiger charge is 2.06. The molecule has 4 nitrogen and oxygen atoms in total. The van der Waals surface area contributed by atoms with Gasteiger partial charge in [0.05, 0.1) is 5.69 Å². The number of hydrogen-bond donors (Lipinski definition) is 1. The largest absolute Gasteiger partial charge is 0.324 e. The fraction of sp³-hybridized carbons (Fsp3) is 0.333. The summed E-state index contributed by atoms with van der Waals surface area (Å²) in [4.78, 5) is 4.39. The van der Waals surface area contributed by atoms with E-state index in [0.717, 1.165) is 21.3 Å². The molecule has 0 spiro atoms. The summed E-state index contributed by atoms with van der Waals surface area (Å²) >= 11 is 1.60. The van der Waals surface area contributed by atoms with Crippen LogP contribution in [0.15, 0.2) is 34.4 Å². The lowest BCUT2D eigenvalue weighted by Crippen LogP contribution is -2.05. The standard InChI is InChI=1S/C12H16N4S/c1-8-6-12(16(3)15-8)17-11-5-4-10(7-14-11)9(2)13/h4-7,9H,13H2,1-3H3/t9-/m0/s1. The Bertz CT molecular complexity index is 502. The zero-order valence-corrected chi connectivity index (χ0v) is 11.0. The van der Waals surface area contributed by atoms with Crippen molar-refractivity contribution in [2.24, 2.45) is 12.8 Å². The molecule has 0 aliphatic heterocycles. The second kappa shape index (κ2) is 4.89. The first-order chi connectivity index (χ1) is 8.06. The molecule has 0 saturated heterocycles. The maximum atomic E-state index is 5.78. The van der Waals surface area contributed by atoms with E-state index in [1.807, 2.05) is 50.0 Å². The van der Waals surface area contributed by atoms with Crippen LogP contribution in [0.4, 0.5) is 0 Å². The molecule has 0 bridgehead atoms. The summed E-state index contributed by atoms with van der Waals surface area (Å²) in [6.07, 6.45) is 1.83. The number of pyridine rings is 1. The molecule has 2 heterocycles. The maximum Gasteiger partial charge on any atom is 0.102 e. The van der Waals surface area contributed by atoms with Gasteiger partial charge in [0.15, 0.2) is 0 Å². The molecule has 5 heteroatoms. The Hall–Kier alpha value is -1.33. The third-order valence-electron chi connectivity index (χ3n) is 2.45. The predicted molar refractivity (Wildman–Crippen MR) is 68.9 cm³/mol. The molecule has 0 aliphatic carbocycles. The Morgan fingerprint density at radius 2 is 2.18 bits per heavy atom. The molecule has 2 N–H and O–H groups in total. The molecule has 2 rings (SSSR count). The Morgan fingerprint density at radius 1 is 1.41 bits per heavy atom. The third-order valence-corrected chi connectivity index (χ3v) is 3.50. The summed E-state index contributed by atoms with van der Waals surface area (Å²) in [5.41, 5.74) is 7.85. The average Bonchev–Trinajstić information content (AvgIpc) is 2.58. The van der Waals surface area contributed by atoms with Gasteiger partial charge in [-0.25, -0.2) is 4.98 Å². The molecular formula is C12H16N4S. The van der Waals surface area contributed by atoms with Crippen LogP contribution in [0.25, 0.3) is 0 Å². The monoisotopic (exact) mass is 248 g/mol. The van der Waals surface area contributed by atoms with E-state index < -0.39 is 0 Å². The van der Waals surface area contributed by atoms with Crippen LogP contribution in [0.2, 0.25) is 0 Å². The number of nitrogens with zero attached hydrogens (tertiary/aromatic N) is 3. The number of aromatic nitrogens is 3. The molecule has 0 saturated carbocycles. The number of nitrogens with two attached hydrogens (primary N) is 1. The van der Waals surface area contributed by atoms with Gasteiger partial charge in [-0.1, -0.05) is 17.8 Å². The smallest absolute Gasteiger partial charge is 0.102 e. The van der Waals surface area contributed by atoms with Gasteiger partial charge < -0.3 is 5.73 Å². The molecule has 1 atom stereocenters. The minimum Gasteiger partial charge on any atom is -0.324 e.